The van der Waals surface area contributed by atoms with E-state index < -0.39 is 0 Å². The van der Waals surface area contributed by atoms with Gasteiger partial charge in [-0.2, -0.15) is 0 Å². The molecule has 18 heavy (non-hydrogen) atoms. The zero-order valence-electron chi connectivity index (χ0n) is 11.1. The molecular weight excluding hydrogens is 226 g/mol. The van der Waals surface area contributed by atoms with Gasteiger partial charge in [-0.15, -0.1) is 0 Å². The smallest absolute Gasteiger partial charge is 0.236 e. The highest BCUT2D eigenvalue weighted by atomic mass is 16.1. The topological polar surface area (TPSA) is 58.4 Å². The average molecular weight is 247 g/mol. The van der Waals surface area contributed by atoms with Crippen LogP contribution in [-0.4, -0.2) is 32.1 Å². The number of likely N-dealkylation sites (N-methyl/N-ethyl adjacent to an activating group) is 1. The normalized spacial score (nSPS) is 16.2. The molecule has 0 bridgehead atoms. The third kappa shape index (κ3) is 2.64. The van der Waals surface area contributed by atoms with Gasteiger partial charge in [0, 0.05) is 18.8 Å². The number of carbonyl (C=O) groups excluding carboxylic acids is 1. The Morgan fingerprint density at radius 3 is 3.00 bits per heavy atom. The van der Waals surface area contributed by atoms with Gasteiger partial charge in [-0.25, -0.2) is 0 Å². The van der Waals surface area contributed by atoms with E-state index in [0.717, 1.165) is 19.4 Å². The SMILES string of the molecule is CNC(CN1CCCc2cc(C)ccc21)C(N)=O. The van der Waals surface area contributed by atoms with Crippen molar-refractivity contribution in [2.24, 2.45) is 5.73 Å². The number of amides is 1. The second kappa shape index (κ2) is 5.40. The number of anilines is 1. The van der Waals surface area contributed by atoms with Crippen LogP contribution in [0.5, 0.6) is 0 Å². The molecule has 1 amide bonds. The molecule has 0 radical (unpaired) electrons. The number of hydrogen-bond acceptors (Lipinski definition) is 3. The number of hydrogen-bond donors (Lipinski definition) is 2. The zero-order valence-corrected chi connectivity index (χ0v) is 11.1. The van der Waals surface area contributed by atoms with Crippen molar-refractivity contribution in [1.82, 2.24) is 5.32 Å². The lowest BCUT2D eigenvalue weighted by molar-refractivity contribution is -0.119. The van der Waals surface area contributed by atoms with Crippen molar-refractivity contribution < 1.29 is 4.79 Å². The molecule has 1 heterocycles. The molecule has 2 rings (SSSR count). The number of aryl methyl sites for hydroxylation is 2. The first-order valence-corrected chi connectivity index (χ1v) is 6.43. The summed E-state index contributed by atoms with van der Waals surface area (Å²) < 4.78 is 0. The van der Waals surface area contributed by atoms with Crippen molar-refractivity contribution in [1.29, 1.82) is 0 Å². The third-order valence-corrected chi connectivity index (χ3v) is 3.54. The lowest BCUT2D eigenvalue weighted by Gasteiger charge is -2.33. The van der Waals surface area contributed by atoms with E-state index in [0.29, 0.717) is 6.54 Å². The van der Waals surface area contributed by atoms with E-state index in [1.807, 2.05) is 0 Å². The molecule has 1 aromatic rings. The van der Waals surface area contributed by atoms with E-state index in [-0.39, 0.29) is 11.9 Å². The predicted molar refractivity (Wildman–Crippen MR) is 73.8 cm³/mol. The molecule has 1 aliphatic rings. The molecule has 1 atom stereocenters. The molecular formula is C14H21N3O. The van der Waals surface area contributed by atoms with E-state index in [4.69, 9.17) is 5.73 Å². The summed E-state index contributed by atoms with van der Waals surface area (Å²) in [7, 11) is 1.77. The van der Waals surface area contributed by atoms with Gasteiger partial charge in [0.1, 0.15) is 6.04 Å². The summed E-state index contributed by atoms with van der Waals surface area (Å²) >= 11 is 0. The highest BCUT2D eigenvalue weighted by molar-refractivity contribution is 5.80. The van der Waals surface area contributed by atoms with E-state index in [2.05, 4.69) is 35.3 Å². The first-order valence-electron chi connectivity index (χ1n) is 6.43. The predicted octanol–water partition coefficient (Wildman–Crippen LogP) is 0.821. The second-order valence-electron chi connectivity index (χ2n) is 4.93. The minimum absolute atomic E-state index is 0.294. The Bertz CT molecular complexity index is 445. The van der Waals surface area contributed by atoms with Gasteiger partial charge in [0.25, 0.3) is 0 Å². The Labute approximate surface area is 108 Å². The van der Waals surface area contributed by atoms with Crippen molar-refractivity contribution in [3.05, 3.63) is 29.3 Å². The Morgan fingerprint density at radius 2 is 2.33 bits per heavy atom. The minimum atomic E-state index is -0.295. The van der Waals surface area contributed by atoms with E-state index >= 15 is 0 Å². The quantitative estimate of drug-likeness (QED) is 0.828. The lowest BCUT2D eigenvalue weighted by Crippen LogP contribution is -2.49. The van der Waals surface area contributed by atoms with Gasteiger partial charge in [0.05, 0.1) is 0 Å². The second-order valence-corrected chi connectivity index (χ2v) is 4.93. The van der Waals surface area contributed by atoms with Crippen LogP contribution in [0, 0.1) is 6.92 Å². The highest BCUT2D eigenvalue weighted by Crippen LogP contribution is 2.27. The van der Waals surface area contributed by atoms with Gasteiger partial charge in [0.2, 0.25) is 5.91 Å². The molecule has 0 aromatic heterocycles. The molecule has 0 saturated heterocycles. The first-order chi connectivity index (χ1) is 8.61. The van der Waals surface area contributed by atoms with E-state index in [1.165, 1.54) is 16.8 Å². The number of nitrogens with two attached hydrogens (primary N) is 1. The summed E-state index contributed by atoms with van der Waals surface area (Å²) in [4.78, 5) is 13.6. The number of carbonyl (C=O) groups is 1. The monoisotopic (exact) mass is 247 g/mol. The van der Waals surface area contributed by atoms with Crippen molar-refractivity contribution in [3.8, 4) is 0 Å². The van der Waals surface area contributed by atoms with Crippen LogP contribution in [0.1, 0.15) is 17.5 Å². The first kappa shape index (κ1) is 12.9. The van der Waals surface area contributed by atoms with Crippen LogP contribution in [-0.2, 0) is 11.2 Å². The maximum absolute atomic E-state index is 11.3. The highest BCUT2D eigenvalue weighted by Gasteiger charge is 2.22. The van der Waals surface area contributed by atoms with Crippen LogP contribution >= 0.6 is 0 Å². The summed E-state index contributed by atoms with van der Waals surface area (Å²) in [5, 5.41) is 2.97. The molecule has 4 heteroatoms. The molecule has 1 unspecified atom stereocenters. The number of benzene rings is 1. The number of nitrogens with zero attached hydrogens (tertiary/aromatic N) is 1. The van der Waals surface area contributed by atoms with Crippen LogP contribution < -0.4 is 16.0 Å². The van der Waals surface area contributed by atoms with Crippen molar-refractivity contribution in [2.75, 3.05) is 25.0 Å². The zero-order chi connectivity index (χ0) is 13.1. The Kier molecular flexibility index (Phi) is 3.87. The number of rotatable bonds is 4. The fourth-order valence-corrected chi connectivity index (χ4v) is 2.54. The summed E-state index contributed by atoms with van der Waals surface area (Å²) in [5.41, 5.74) is 9.29. The number of nitrogens with one attached hydrogen (secondary N) is 1. The van der Waals surface area contributed by atoms with E-state index in [1.54, 1.807) is 7.05 Å². The molecule has 1 aromatic carbocycles. The Balaban J connectivity index is 2.19. The standard InChI is InChI=1S/C14H21N3O/c1-10-5-6-13-11(8-10)4-3-7-17(13)9-12(16-2)14(15)18/h5-6,8,12,16H,3-4,7,9H2,1-2H3,(H2,15,18). The summed E-state index contributed by atoms with van der Waals surface area (Å²) in [6.07, 6.45) is 2.25. The summed E-state index contributed by atoms with van der Waals surface area (Å²) in [6, 6.07) is 6.21. The van der Waals surface area contributed by atoms with Crippen LogP contribution in [0.25, 0.3) is 0 Å². The van der Waals surface area contributed by atoms with Crippen LogP contribution in [0.4, 0.5) is 5.69 Å². The minimum Gasteiger partial charge on any atom is -0.369 e. The van der Waals surface area contributed by atoms with Crippen LogP contribution in [0.15, 0.2) is 18.2 Å². The van der Waals surface area contributed by atoms with Gasteiger partial charge in [-0.3, -0.25) is 4.79 Å². The molecule has 0 fully saturated rings. The molecule has 4 nitrogen and oxygen atoms in total. The largest absolute Gasteiger partial charge is 0.369 e. The third-order valence-electron chi connectivity index (χ3n) is 3.54. The maximum Gasteiger partial charge on any atom is 0.236 e. The molecule has 0 aliphatic carbocycles. The number of fused-ring (bicyclic) bond motifs is 1. The van der Waals surface area contributed by atoms with Gasteiger partial charge < -0.3 is 16.0 Å². The molecule has 3 N–H and O–H groups in total. The number of primary amides is 1. The van der Waals surface area contributed by atoms with E-state index in [9.17, 15) is 4.79 Å². The van der Waals surface area contributed by atoms with Crippen molar-refractivity contribution in [3.63, 3.8) is 0 Å². The van der Waals surface area contributed by atoms with Crippen LogP contribution in [0.2, 0.25) is 0 Å². The van der Waals surface area contributed by atoms with Crippen molar-refractivity contribution >= 4 is 11.6 Å². The maximum atomic E-state index is 11.3. The molecule has 0 saturated carbocycles. The van der Waals surface area contributed by atoms with Crippen molar-refractivity contribution in [2.45, 2.75) is 25.8 Å². The molecule has 98 valence electrons. The Morgan fingerprint density at radius 1 is 1.56 bits per heavy atom. The van der Waals surface area contributed by atoms with Gasteiger partial charge in [-0.05, 0) is 38.4 Å². The molecule has 0 spiro atoms. The van der Waals surface area contributed by atoms with Gasteiger partial charge in [-0.1, -0.05) is 17.7 Å². The lowest BCUT2D eigenvalue weighted by atomic mass is 9.99. The van der Waals surface area contributed by atoms with Crippen LogP contribution in [0.3, 0.4) is 0 Å². The van der Waals surface area contributed by atoms with Gasteiger partial charge >= 0.3 is 0 Å². The average Bonchev–Trinajstić information content (AvgIpc) is 2.35. The fraction of sp³-hybridized carbons (Fsp3) is 0.500. The fourth-order valence-electron chi connectivity index (χ4n) is 2.54. The summed E-state index contributed by atoms with van der Waals surface area (Å²) in [5.74, 6) is -0.295. The molecule has 1 aliphatic heterocycles. The van der Waals surface area contributed by atoms with Gasteiger partial charge in [0.15, 0.2) is 0 Å². The Hall–Kier alpha value is -1.55. The summed E-state index contributed by atoms with van der Waals surface area (Å²) in [6.45, 7) is 3.74.